The van der Waals surface area contributed by atoms with Crippen molar-refractivity contribution in [3.63, 3.8) is 0 Å². The fourth-order valence-corrected chi connectivity index (χ4v) is 3.31. The second kappa shape index (κ2) is 8.78. The van der Waals surface area contributed by atoms with Crippen LogP contribution < -0.4 is 45.7 Å². The van der Waals surface area contributed by atoms with E-state index in [1.165, 1.54) is 5.38 Å². The van der Waals surface area contributed by atoms with Crippen LogP contribution >= 0.6 is 11.3 Å². The second-order valence-corrected chi connectivity index (χ2v) is 7.19. The molecule has 31 heavy (non-hydrogen) atoms. The Bertz CT molecular complexity index is 997. The minimum atomic E-state index is -2.64. The minimum absolute atomic E-state index is 0. The topological polar surface area (TPSA) is 203 Å². The monoisotopic (exact) mass is 463 g/mol. The molecule has 1 unspecified atom stereocenters. The van der Waals surface area contributed by atoms with Gasteiger partial charge >= 0.3 is 41.5 Å². The normalized spacial score (nSPS) is 25.5. The van der Waals surface area contributed by atoms with E-state index in [-0.39, 0.29) is 51.9 Å². The van der Waals surface area contributed by atoms with Crippen molar-refractivity contribution in [2.75, 3.05) is 12.8 Å². The van der Waals surface area contributed by atoms with Crippen LogP contribution in [0.1, 0.15) is 25.5 Å². The van der Waals surface area contributed by atoms with Crippen LogP contribution in [0.2, 0.25) is 0 Å². The van der Waals surface area contributed by atoms with Crippen molar-refractivity contribution < 1.29 is 73.0 Å². The van der Waals surface area contributed by atoms with E-state index in [1.807, 2.05) is 0 Å². The van der Waals surface area contributed by atoms with Crippen LogP contribution in [0.15, 0.2) is 10.5 Å². The molecule has 2 atom stereocenters. The van der Waals surface area contributed by atoms with Crippen LogP contribution in [0.3, 0.4) is 0 Å². The molecule has 3 heterocycles. The van der Waals surface area contributed by atoms with Crippen molar-refractivity contribution in [2.24, 2.45) is 5.16 Å². The average molecular weight is 463 g/mol. The van der Waals surface area contributed by atoms with Gasteiger partial charge < -0.3 is 35.4 Å². The first-order chi connectivity index (χ1) is 14.0. The van der Waals surface area contributed by atoms with Gasteiger partial charge in [0, 0.05) is 11.8 Å². The molecular weight excluding hydrogens is 449 g/mol. The maximum atomic E-state index is 12.9. The van der Waals surface area contributed by atoms with Gasteiger partial charge in [-0.1, -0.05) is 5.16 Å². The number of hydrogen-bond acceptors (Lipinski definition) is 13. The van der Waals surface area contributed by atoms with E-state index in [2.05, 4.69) is 20.3 Å². The fraction of sp³-hybridized carbons (Fsp3) is 0.400. The number of nitrogens with one attached hydrogen (secondary N) is 1. The molecule has 3 rings (SSSR count). The first kappa shape index (κ1) is 24.5. The summed E-state index contributed by atoms with van der Waals surface area (Å²) in [6.45, 7) is 0.981. The number of thiazole rings is 1. The Morgan fingerprint density at radius 2 is 2.10 bits per heavy atom. The molecule has 0 aliphatic carbocycles. The van der Waals surface area contributed by atoms with Gasteiger partial charge in [-0.05, 0) is 6.92 Å². The molecule has 3 N–H and O–H groups in total. The van der Waals surface area contributed by atoms with Crippen LogP contribution in [0.25, 0.3) is 0 Å². The summed E-state index contributed by atoms with van der Waals surface area (Å²) in [5.74, 6) is -6.59. The van der Waals surface area contributed by atoms with Gasteiger partial charge in [0.2, 0.25) is 5.54 Å². The molecule has 0 aromatic carbocycles. The van der Waals surface area contributed by atoms with E-state index in [9.17, 15) is 29.1 Å². The third-order valence-corrected chi connectivity index (χ3v) is 4.99. The van der Waals surface area contributed by atoms with Gasteiger partial charge in [0.25, 0.3) is 17.5 Å². The van der Waals surface area contributed by atoms with Gasteiger partial charge in [-0.25, -0.2) is 9.78 Å². The van der Waals surface area contributed by atoms with Crippen LogP contribution in [0, 0.1) is 0 Å². The summed E-state index contributed by atoms with van der Waals surface area (Å²) in [7, 11) is 1.15. The van der Waals surface area contributed by atoms with Crippen molar-refractivity contribution >= 4 is 51.9 Å². The van der Waals surface area contributed by atoms with Gasteiger partial charge in [0.1, 0.15) is 18.8 Å². The Hall–Kier alpha value is -2.75. The zero-order valence-electron chi connectivity index (χ0n) is 16.5. The Balaban J connectivity index is 0.00000341. The van der Waals surface area contributed by atoms with E-state index in [1.54, 1.807) is 0 Å². The van der Waals surface area contributed by atoms with E-state index in [0.717, 1.165) is 25.4 Å². The van der Waals surface area contributed by atoms with Crippen LogP contribution in [-0.4, -0.2) is 63.9 Å². The van der Waals surface area contributed by atoms with E-state index < -0.39 is 53.1 Å². The third kappa shape index (κ3) is 4.08. The fourth-order valence-electron chi connectivity index (χ4n) is 2.76. The number of aromatic nitrogens is 1. The maximum absolute atomic E-state index is 12.9. The minimum Gasteiger partial charge on any atom is -0.544 e. The molecular formula is C15H14N5NaO9S. The Kier molecular flexibility index (Phi) is 6.94. The maximum Gasteiger partial charge on any atom is 1.00 e. The molecule has 14 nitrogen and oxygen atoms in total. The molecule has 0 saturated carbocycles. The Labute approximate surface area is 199 Å². The molecule has 2 aliphatic rings. The van der Waals surface area contributed by atoms with Gasteiger partial charge in [-0.2, -0.15) is 0 Å². The molecule has 1 aromatic rings. The van der Waals surface area contributed by atoms with Crippen molar-refractivity contribution in [3.8, 4) is 0 Å². The number of carboxylic acid groups (broad SMARTS) is 1. The number of nitrogen functional groups attached to an aromatic ring is 1. The number of carbonyl (C=O) groups excluding carboxylic acids is 5. The van der Waals surface area contributed by atoms with Crippen LogP contribution in [0.5, 0.6) is 0 Å². The van der Waals surface area contributed by atoms with Crippen LogP contribution in [0.4, 0.5) is 5.13 Å². The number of esters is 1. The summed E-state index contributed by atoms with van der Waals surface area (Å²) < 4.78 is 4.72. The van der Waals surface area contributed by atoms with Gasteiger partial charge in [-0.15, -0.1) is 16.4 Å². The van der Waals surface area contributed by atoms with Gasteiger partial charge in [0.15, 0.2) is 10.8 Å². The molecule has 2 fully saturated rings. The number of nitrogens with zero attached hydrogens (tertiary/aromatic N) is 3. The number of cyclic esters (lactones) is 1. The number of hydrogen-bond donors (Lipinski definition) is 2. The zero-order chi connectivity index (χ0) is 22.3. The van der Waals surface area contributed by atoms with Gasteiger partial charge in [0.05, 0.1) is 6.42 Å². The number of oxime groups is 1. The number of carbonyl (C=O) groups is 5. The first-order valence-electron chi connectivity index (χ1n) is 8.20. The van der Waals surface area contributed by atoms with E-state index in [0.29, 0.717) is 0 Å². The summed E-state index contributed by atoms with van der Waals surface area (Å²) in [5, 5.41) is 18.8. The Morgan fingerprint density at radius 1 is 1.42 bits per heavy atom. The van der Waals surface area contributed by atoms with Crippen molar-refractivity contribution in [3.05, 3.63) is 11.1 Å². The molecule has 0 bridgehead atoms. The van der Waals surface area contributed by atoms with Gasteiger partial charge in [-0.3, -0.25) is 14.4 Å². The summed E-state index contributed by atoms with van der Waals surface area (Å²) in [4.78, 5) is 74.3. The second-order valence-electron chi connectivity index (χ2n) is 6.30. The smallest absolute Gasteiger partial charge is 0.544 e. The molecule has 0 spiro atoms. The third-order valence-electron chi connectivity index (χ3n) is 4.32. The molecule has 2 saturated heterocycles. The van der Waals surface area contributed by atoms with Crippen molar-refractivity contribution in [2.45, 2.75) is 31.0 Å². The number of amides is 2. The van der Waals surface area contributed by atoms with Crippen molar-refractivity contribution in [1.82, 2.24) is 15.4 Å². The predicted molar refractivity (Wildman–Crippen MR) is 92.6 cm³/mol. The first-order valence-corrected chi connectivity index (χ1v) is 9.08. The number of aliphatic carboxylic acids is 1. The molecule has 160 valence electrons. The van der Waals surface area contributed by atoms with Crippen LogP contribution in [-0.2, 0) is 38.4 Å². The summed E-state index contributed by atoms with van der Waals surface area (Å²) in [6.07, 6.45) is -0.861. The largest absolute Gasteiger partial charge is 1.00 e. The standard InChI is InChI=1S/C15H15N5O9S.Na/c1-14(18-9(22)8(19-27-2)6-5-30-13(16)17-6)10(23)20(29-12(14)26)15(11(24)25)4-3-7(21)28-15;/h5H,3-4H2,1-2H3,(H2,16,17)(H,18,22)(H,24,25);/q;+1/p-1/t14-,15?;/m0./s1. The average Bonchev–Trinajstić information content (AvgIpc) is 3.34. The SMILES string of the molecule is CON=C(C(=O)N[C@]1(C)C(=O)ON(C2(C(=O)[O-])CCC(=O)O2)C1=O)c1csc(N)n1.[Na+]. The zero-order valence-corrected chi connectivity index (χ0v) is 19.3. The number of ether oxygens (including phenoxy) is 1. The number of hydroxylamine groups is 2. The molecule has 2 amide bonds. The molecule has 16 heteroatoms. The number of rotatable bonds is 6. The summed E-state index contributed by atoms with van der Waals surface area (Å²) in [6, 6.07) is 0. The number of nitrogens with two attached hydrogens (primary N) is 1. The number of carboxylic acids is 1. The number of anilines is 1. The van der Waals surface area contributed by atoms with Crippen molar-refractivity contribution in [1.29, 1.82) is 0 Å². The summed E-state index contributed by atoms with van der Waals surface area (Å²) >= 11 is 1.00. The predicted octanol–water partition coefficient (Wildman–Crippen LogP) is -5.96. The summed E-state index contributed by atoms with van der Waals surface area (Å²) in [5.41, 5.74) is 0.117. The Morgan fingerprint density at radius 3 is 2.58 bits per heavy atom. The molecule has 2 aliphatic heterocycles. The van der Waals surface area contributed by atoms with E-state index in [4.69, 9.17) is 15.3 Å². The molecule has 0 radical (unpaired) electrons. The quantitative estimate of drug-likeness (QED) is 0.134. The van der Waals surface area contributed by atoms with E-state index >= 15 is 0 Å². The molecule has 1 aromatic heterocycles.